The molecule has 0 amide bonds. The van der Waals surface area contributed by atoms with Gasteiger partial charge in [-0.2, -0.15) is 0 Å². The van der Waals surface area contributed by atoms with E-state index < -0.39 is 0 Å². The van der Waals surface area contributed by atoms with Gasteiger partial charge in [-0.3, -0.25) is 4.90 Å². The molecule has 1 heterocycles. The summed E-state index contributed by atoms with van der Waals surface area (Å²) < 4.78 is 5.36. The van der Waals surface area contributed by atoms with E-state index >= 15 is 0 Å². The Kier molecular flexibility index (Phi) is 6.98. The van der Waals surface area contributed by atoms with Gasteiger partial charge < -0.3 is 9.84 Å². The van der Waals surface area contributed by atoms with Crippen LogP contribution in [0.1, 0.15) is 51.5 Å². The van der Waals surface area contributed by atoms with Crippen LogP contribution in [0, 0.1) is 0 Å². The molecule has 0 bridgehead atoms. The fourth-order valence-electron chi connectivity index (χ4n) is 1.95. The maximum atomic E-state index is 5.36. The van der Waals surface area contributed by atoms with Crippen LogP contribution in [0.25, 0.3) is 0 Å². The van der Waals surface area contributed by atoms with Crippen LogP contribution in [0.5, 0.6) is 0 Å². The third kappa shape index (κ3) is 5.19. The van der Waals surface area contributed by atoms with E-state index in [-0.39, 0.29) is 0 Å². The van der Waals surface area contributed by atoms with Gasteiger partial charge in [-0.25, -0.2) is 0 Å². The second kappa shape index (κ2) is 8.27. The molecule has 0 radical (unpaired) electrons. The Balaban J connectivity index is 2.38. The number of hydrogen-bond acceptors (Lipinski definition) is 4. The van der Waals surface area contributed by atoms with Crippen molar-refractivity contribution in [2.24, 2.45) is 0 Å². The molecule has 1 aromatic rings. The maximum absolute atomic E-state index is 5.36. The topological polar surface area (TPSA) is 41.3 Å². The first-order chi connectivity index (χ1) is 8.67. The quantitative estimate of drug-likeness (QED) is 0.687. The van der Waals surface area contributed by atoms with Crippen molar-refractivity contribution in [1.29, 1.82) is 0 Å². The monoisotopic (exact) mass is 253 g/mol. The molecule has 1 aromatic heterocycles. The van der Waals surface area contributed by atoms with Crippen molar-refractivity contribution in [2.75, 3.05) is 13.6 Å². The molecule has 0 saturated carbocycles. The maximum Gasteiger partial charge on any atom is 0.151 e. The fraction of sp³-hybridized carbons (Fsp3) is 0.786. The SMILES string of the molecule is CCCNCc1cc(CN(C)C(C)CCC)on1. The van der Waals surface area contributed by atoms with Crippen LogP contribution in [0.3, 0.4) is 0 Å². The van der Waals surface area contributed by atoms with Gasteiger partial charge in [-0.05, 0) is 33.4 Å². The van der Waals surface area contributed by atoms with Crippen LogP contribution in [-0.4, -0.2) is 29.7 Å². The predicted octanol–water partition coefficient (Wildman–Crippen LogP) is 2.79. The van der Waals surface area contributed by atoms with Crippen LogP contribution in [0.15, 0.2) is 10.6 Å². The van der Waals surface area contributed by atoms with Crippen molar-refractivity contribution in [3.8, 4) is 0 Å². The standard InChI is InChI=1S/C14H27N3O/c1-5-7-12(3)17(4)11-14-9-13(16-18-14)10-15-8-6-2/h9,12,15H,5-8,10-11H2,1-4H3. The molecular weight excluding hydrogens is 226 g/mol. The normalized spacial score (nSPS) is 13.2. The van der Waals surface area contributed by atoms with Gasteiger partial charge >= 0.3 is 0 Å². The highest BCUT2D eigenvalue weighted by Gasteiger charge is 2.11. The zero-order valence-electron chi connectivity index (χ0n) is 12.2. The van der Waals surface area contributed by atoms with Crippen LogP contribution in [0.2, 0.25) is 0 Å². The Morgan fingerprint density at radius 2 is 2.17 bits per heavy atom. The van der Waals surface area contributed by atoms with E-state index in [4.69, 9.17) is 4.52 Å². The van der Waals surface area contributed by atoms with Crippen molar-refractivity contribution in [2.45, 2.75) is 59.2 Å². The lowest BCUT2D eigenvalue weighted by molar-refractivity contribution is 0.209. The Hall–Kier alpha value is -0.870. The molecule has 0 spiro atoms. The second-order valence-corrected chi connectivity index (χ2v) is 5.01. The summed E-state index contributed by atoms with van der Waals surface area (Å²) in [4.78, 5) is 2.31. The summed E-state index contributed by atoms with van der Waals surface area (Å²) in [7, 11) is 2.14. The van der Waals surface area contributed by atoms with Crippen LogP contribution in [-0.2, 0) is 13.1 Å². The van der Waals surface area contributed by atoms with Crippen LogP contribution < -0.4 is 5.32 Å². The molecule has 0 aliphatic rings. The largest absolute Gasteiger partial charge is 0.360 e. The van der Waals surface area contributed by atoms with Gasteiger partial charge in [0.25, 0.3) is 0 Å². The first-order valence-corrected chi connectivity index (χ1v) is 7.02. The Morgan fingerprint density at radius 3 is 2.83 bits per heavy atom. The van der Waals surface area contributed by atoms with Crippen LogP contribution in [0.4, 0.5) is 0 Å². The van der Waals surface area contributed by atoms with Crippen molar-refractivity contribution in [1.82, 2.24) is 15.4 Å². The summed E-state index contributed by atoms with van der Waals surface area (Å²) in [5.74, 6) is 0.953. The fourth-order valence-corrected chi connectivity index (χ4v) is 1.95. The molecule has 4 heteroatoms. The van der Waals surface area contributed by atoms with Crippen molar-refractivity contribution in [3.05, 3.63) is 17.5 Å². The third-order valence-electron chi connectivity index (χ3n) is 3.20. The molecule has 1 N–H and O–H groups in total. The highest BCUT2D eigenvalue weighted by atomic mass is 16.5. The zero-order chi connectivity index (χ0) is 13.4. The first kappa shape index (κ1) is 15.2. The average Bonchev–Trinajstić information content (AvgIpc) is 2.77. The summed E-state index contributed by atoms with van der Waals surface area (Å²) >= 11 is 0. The second-order valence-electron chi connectivity index (χ2n) is 5.01. The lowest BCUT2D eigenvalue weighted by atomic mass is 10.1. The molecule has 1 atom stereocenters. The van der Waals surface area contributed by atoms with E-state index in [9.17, 15) is 0 Å². The van der Waals surface area contributed by atoms with Gasteiger partial charge in [0.1, 0.15) is 0 Å². The van der Waals surface area contributed by atoms with Gasteiger partial charge in [-0.15, -0.1) is 0 Å². The van der Waals surface area contributed by atoms with E-state index in [1.165, 1.54) is 12.8 Å². The van der Waals surface area contributed by atoms with Gasteiger partial charge in [0.15, 0.2) is 5.76 Å². The van der Waals surface area contributed by atoms with E-state index in [2.05, 4.69) is 49.3 Å². The molecule has 0 aromatic carbocycles. The molecule has 18 heavy (non-hydrogen) atoms. The molecule has 0 fully saturated rings. The summed E-state index contributed by atoms with van der Waals surface area (Å²) in [6.07, 6.45) is 3.58. The summed E-state index contributed by atoms with van der Waals surface area (Å²) in [6, 6.07) is 2.64. The minimum Gasteiger partial charge on any atom is -0.360 e. The molecule has 104 valence electrons. The van der Waals surface area contributed by atoms with Gasteiger partial charge in [0, 0.05) is 18.7 Å². The molecule has 4 nitrogen and oxygen atoms in total. The molecule has 1 unspecified atom stereocenters. The predicted molar refractivity (Wildman–Crippen MR) is 74.3 cm³/mol. The minimum absolute atomic E-state index is 0.585. The Bertz CT molecular complexity index is 325. The minimum atomic E-state index is 0.585. The first-order valence-electron chi connectivity index (χ1n) is 7.02. The van der Waals surface area contributed by atoms with E-state index in [0.717, 1.165) is 37.5 Å². The van der Waals surface area contributed by atoms with Gasteiger partial charge in [0.05, 0.1) is 12.2 Å². The molecule has 1 rings (SSSR count). The molecule has 0 aliphatic carbocycles. The number of aromatic nitrogens is 1. The molecule has 0 aliphatic heterocycles. The molecule has 0 saturated heterocycles. The summed E-state index contributed by atoms with van der Waals surface area (Å²) in [6.45, 7) is 9.29. The van der Waals surface area contributed by atoms with Crippen molar-refractivity contribution >= 4 is 0 Å². The third-order valence-corrected chi connectivity index (χ3v) is 3.20. The van der Waals surface area contributed by atoms with Crippen molar-refractivity contribution in [3.63, 3.8) is 0 Å². The van der Waals surface area contributed by atoms with Crippen LogP contribution >= 0.6 is 0 Å². The number of nitrogens with zero attached hydrogens (tertiary/aromatic N) is 2. The van der Waals surface area contributed by atoms with Crippen molar-refractivity contribution < 1.29 is 4.52 Å². The average molecular weight is 253 g/mol. The lowest BCUT2D eigenvalue weighted by Crippen LogP contribution is -2.28. The molecular formula is C14H27N3O. The van der Waals surface area contributed by atoms with Gasteiger partial charge in [0.2, 0.25) is 0 Å². The lowest BCUT2D eigenvalue weighted by Gasteiger charge is -2.22. The highest BCUT2D eigenvalue weighted by Crippen LogP contribution is 2.11. The Morgan fingerprint density at radius 1 is 1.39 bits per heavy atom. The zero-order valence-corrected chi connectivity index (χ0v) is 12.2. The Labute approximate surface area is 111 Å². The van der Waals surface area contributed by atoms with Gasteiger partial charge in [-0.1, -0.05) is 25.4 Å². The summed E-state index contributed by atoms with van der Waals surface area (Å²) in [5, 5.41) is 7.41. The smallest absolute Gasteiger partial charge is 0.151 e. The van der Waals surface area contributed by atoms with E-state index in [0.29, 0.717) is 6.04 Å². The van der Waals surface area contributed by atoms with E-state index in [1.54, 1.807) is 0 Å². The number of rotatable bonds is 9. The summed E-state index contributed by atoms with van der Waals surface area (Å²) in [5.41, 5.74) is 0.995. The highest BCUT2D eigenvalue weighted by molar-refractivity contribution is 5.05. The number of hydrogen-bond donors (Lipinski definition) is 1. The van der Waals surface area contributed by atoms with E-state index in [1.807, 2.05) is 0 Å². The number of nitrogens with one attached hydrogen (secondary N) is 1.